The van der Waals surface area contributed by atoms with Gasteiger partial charge in [-0.15, -0.1) is 0 Å². The maximum absolute atomic E-state index is 11.7. The minimum Gasteiger partial charge on any atom is -0.469 e. The summed E-state index contributed by atoms with van der Waals surface area (Å²) in [5, 5.41) is 0. The zero-order valence-electron chi connectivity index (χ0n) is 39.0. The van der Waals surface area contributed by atoms with E-state index in [1.807, 2.05) is 24.4 Å². The first kappa shape index (κ1) is 53.2. The number of nitrogens with zero attached hydrogens (tertiary/aromatic N) is 5. The first-order chi connectivity index (χ1) is 29.8. The molecule has 0 atom stereocenters. The molecule has 340 valence electrons. The van der Waals surface area contributed by atoms with Crippen LogP contribution >= 0.6 is 0 Å². The number of aliphatic imine (C=N–C) groups is 1. The first-order valence-electron chi connectivity index (χ1n) is 23.2. The van der Waals surface area contributed by atoms with E-state index < -0.39 is 0 Å². The molecule has 3 rings (SSSR count). The van der Waals surface area contributed by atoms with Crippen LogP contribution in [0.4, 0.5) is 0 Å². The number of benzene rings is 3. The quantitative estimate of drug-likeness (QED) is 0.0375. The lowest BCUT2D eigenvalue weighted by molar-refractivity contribution is -0.141. The van der Waals surface area contributed by atoms with Gasteiger partial charge in [0.25, 0.3) is 0 Å². The Hall–Kier alpha value is -3.93. The van der Waals surface area contributed by atoms with Crippen molar-refractivity contribution in [2.24, 2.45) is 10.7 Å². The van der Waals surface area contributed by atoms with Gasteiger partial charge in [0.15, 0.2) is 0 Å². The summed E-state index contributed by atoms with van der Waals surface area (Å²) < 4.78 is 9.67. The molecule has 0 unspecified atom stereocenters. The fourth-order valence-electron chi connectivity index (χ4n) is 7.36. The van der Waals surface area contributed by atoms with Crippen LogP contribution in [0.2, 0.25) is 0 Å². The molecule has 61 heavy (non-hydrogen) atoms. The summed E-state index contributed by atoms with van der Waals surface area (Å²) >= 11 is 0. The van der Waals surface area contributed by atoms with E-state index in [0.717, 1.165) is 76.3 Å². The Labute approximate surface area is 370 Å². The summed E-state index contributed by atoms with van der Waals surface area (Å²) in [6.45, 7) is 22.4. The normalized spacial score (nSPS) is 11.5. The van der Waals surface area contributed by atoms with E-state index in [1.54, 1.807) is 0 Å². The third kappa shape index (κ3) is 25.6. The van der Waals surface area contributed by atoms with Crippen molar-refractivity contribution in [2.75, 3.05) is 79.7 Å². The van der Waals surface area contributed by atoms with Gasteiger partial charge in [-0.1, -0.05) is 107 Å². The molecule has 0 spiro atoms. The van der Waals surface area contributed by atoms with E-state index in [9.17, 15) is 9.59 Å². The van der Waals surface area contributed by atoms with Gasteiger partial charge in [-0.25, -0.2) is 0 Å². The third-order valence-electron chi connectivity index (χ3n) is 10.7. The molecule has 0 amide bonds. The summed E-state index contributed by atoms with van der Waals surface area (Å²) in [6.07, 6.45) is 12.3. The average Bonchev–Trinajstić information content (AvgIpc) is 3.28. The standard InChI is InChI=1S/C29H43N3O2.C22H39N3O2/c1-4-18-31(19-5-2)20-9-10-21-32(22-17-29(33)34-3)25-28-15-13-27(14-16-28)24-30-23-26-11-7-6-8-12-26;1-4-13-24(14-5-2)15-6-7-16-25(17-12-22(26)27-3)19-21-10-8-20(18-23)9-11-21/h6-8,11-16,23H,4-5,9-10,17-22,24-25H2,1-3H3;8-11H,4-7,12-19,23H2,1-3H3. The van der Waals surface area contributed by atoms with Crippen LogP contribution in [0.5, 0.6) is 0 Å². The highest BCUT2D eigenvalue weighted by Gasteiger charge is 2.12. The van der Waals surface area contributed by atoms with Gasteiger partial charge < -0.3 is 25.0 Å². The number of carbonyl (C=O) groups is 2. The molecular formula is C51H82N6O4. The number of hydrogen-bond donors (Lipinski definition) is 1. The average molecular weight is 843 g/mol. The van der Waals surface area contributed by atoms with Gasteiger partial charge in [0.2, 0.25) is 0 Å². The minimum absolute atomic E-state index is 0.143. The molecule has 0 aliphatic rings. The van der Waals surface area contributed by atoms with E-state index in [4.69, 9.17) is 15.2 Å². The first-order valence-corrected chi connectivity index (χ1v) is 23.2. The van der Waals surface area contributed by atoms with Crippen LogP contribution in [-0.2, 0) is 45.2 Å². The summed E-state index contributed by atoms with van der Waals surface area (Å²) in [4.78, 5) is 37.7. The van der Waals surface area contributed by atoms with Crippen LogP contribution in [0.25, 0.3) is 0 Å². The summed E-state index contributed by atoms with van der Waals surface area (Å²) in [7, 11) is 2.91. The number of methoxy groups -OCH3 is 2. The van der Waals surface area contributed by atoms with E-state index in [0.29, 0.717) is 25.9 Å². The fourth-order valence-corrected chi connectivity index (χ4v) is 7.36. The molecule has 0 heterocycles. The lowest BCUT2D eigenvalue weighted by Crippen LogP contribution is -2.29. The van der Waals surface area contributed by atoms with Crippen LogP contribution in [-0.4, -0.2) is 117 Å². The molecule has 10 nitrogen and oxygen atoms in total. The van der Waals surface area contributed by atoms with Crippen molar-refractivity contribution >= 4 is 18.2 Å². The molecule has 0 aromatic heterocycles. The van der Waals surface area contributed by atoms with Crippen molar-refractivity contribution in [3.63, 3.8) is 0 Å². The molecule has 0 bridgehead atoms. The second-order valence-corrected chi connectivity index (χ2v) is 16.0. The van der Waals surface area contributed by atoms with Gasteiger partial charge in [-0.2, -0.15) is 0 Å². The summed E-state index contributed by atoms with van der Waals surface area (Å²) in [6, 6.07) is 27.3. The van der Waals surface area contributed by atoms with E-state index >= 15 is 0 Å². The molecule has 0 aliphatic carbocycles. The number of unbranched alkanes of at least 4 members (excludes halogenated alkanes) is 2. The molecule has 2 N–H and O–H groups in total. The molecule has 0 fully saturated rings. The van der Waals surface area contributed by atoms with Crippen molar-refractivity contribution < 1.29 is 19.1 Å². The number of ether oxygens (including phenoxy) is 2. The number of hydrogen-bond acceptors (Lipinski definition) is 10. The van der Waals surface area contributed by atoms with Crippen molar-refractivity contribution in [3.05, 3.63) is 107 Å². The van der Waals surface area contributed by atoms with E-state index in [-0.39, 0.29) is 11.9 Å². The number of esters is 2. The molecule has 3 aromatic carbocycles. The lowest BCUT2D eigenvalue weighted by Gasteiger charge is -2.24. The predicted molar refractivity (Wildman–Crippen MR) is 255 cm³/mol. The SMILES string of the molecule is CCCN(CCC)CCCCN(CCC(=O)OC)Cc1ccc(CN)cc1.CCCN(CCC)CCCCN(CCC(=O)OC)Cc1ccc(CN=Cc2ccccc2)cc1. The van der Waals surface area contributed by atoms with Crippen molar-refractivity contribution in [1.29, 1.82) is 0 Å². The largest absolute Gasteiger partial charge is 0.469 e. The van der Waals surface area contributed by atoms with Gasteiger partial charge in [0.1, 0.15) is 0 Å². The van der Waals surface area contributed by atoms with Gasteiger partial charge in [-0.05, 0) is 132 Å². The Bertz CT molecular complexity index is 1540. The van der Waals surface area contributed by atoms with Gasteiger partial charge in [0, 0.05) is 38.9 Å². The van der Waals surface area contributed by atoms with E-state index in [1.165, 1.54) is 95.6 Å². The number of rotatable bonds is 32. The van der Waals surface area contributed by atoms with Crippen LogP contribution < -0.4 is 5.73 Å². The highest BCUT2D eigenvalue weighted by atomic mass is 16.5. The molecule has 10 heteroatoms. The lowest BCUT2D eigenvalue weighted by atomic mass is 10.1. The van der Waals surface area contributed by atoms with Crippen molar-refractivity contribution in [2.45, 2.75) is 118 Å². The van der Waals surface area contributed by atoms with E-state index in [2.05, 4.69) is 113 Å². The topological polar surface area (TPSA) is 104 Å². The maximum atomic E-state index is 11.7. The molecule has 0 saturated heterocycles. The Morgan fingerprint density at radius 2 is 0.885 bits per heavy atom. The van der Waals surface area contributed by atoms with Gasteiger partial charge >= 0.3 is 11.9 Å². The van der Waals surface area contributed by atoms with Crippen LogP contribution in [0.3, 0.4) is 0 Å². The Morgan fingerprint density at radius 1 is 0.508 bits per heavy atom. The Balaban J connectivity index is 0.000000432. The molecule has 3 aromatic rings. The fraction of sp³-hybridized carbons (Fsp3) is 0.588. The second kappa shape index (κ2) is 34.6. The Kier molecular flexibility index (Phi) is 30.2. The predicted octanol–water partition coefficient (Wildman–Crippen LogP) is 8.99. The summed E-state index contributed by atoms with van der Waals surface area (Å²) in [5.41, 5.74) is 11.7. The van der Waals surface area contributed by atoms with Crippen LogP contribution in [0.15, 0.2) is 83.9 Å². The van der Waals surface area contributed by atoms with Gasteiger partial charge in [-0.3, -0.25) is 24.4 Å². The van der Waals surface area contributed by atoms with Gasteiger partial charge in [0.05, 0.1) is 33.6 Å². The number of nitrogens with two attached hydrogens (primary N) is 1. The monoisotopic (exact) mass is 843 g/mol. The minimum atomic E-state index is -0.145. The van der Waals surface area contributed by atoms with Crippen molar-refractivity contribution in [3.8, 4) is 0 Å². The Morgan fingerprint density at radius 3 is 1.26 bits per heavy atom. The molecule has 0 radical (unpaired) electrons. The highest BCUT2D eigenvalue weighted by Crippen LogP contribution is 2.13. The zero-order chi connectivity index (χ0) is 44.3. The molecule has 0 saturated carbocycles. The molecule has 0 aliphatic heterocycles. The van der Waals surface area contributed by atoms with Crippen molar-refractivity contribution in [1.82, 2.24) is 19.6 Å². The van der Waals surface area contributed by atoms with Crippen LogP contribution in [0.1, 0.15) is 120 Å². The maximum Gasteiger partial charge on any atom is 0.306 e. The zero-order valence-corrected chi connectivity index (χ0v) is 39.0. The number of carbonyl (C=O) groups excluding carboxylic acids is 2. The summed E-state index contributed by atoms with van der Waals surface area (Å²) in [5.74, 6) is -0.288. The van der Waals surface area contributed by atoms with Crippen LogP contribution in [0, 0.1) is 0 Å². The highest BCUT2D eigenvalue weighted by molar-refractivity contribution is 5.79. The second-order valence-electron chi connectivity index (χ2n) is 16.0. The molecular weight excluding hydrogens is 761 g/mol. The third-order valence-corrected chi connectivity index (χ3v) is 10.7. The smallest absolute Gasteiger partial charge is 0.306 e.